The lowest BCUT2D eigenvalue weighted by Gasteiger charge is -2.12. The van der Waals surface area contributed by atoms with Crippen LogP contribution in [0.25, 0.3) is 100 Å². The van der Waals surface area contributed by atoms with E-state index < -0.39 is 0 Å². The van der Waals surface area contributed by atoms with E-state index in [0.717, 1.165) is 56.2 Å². The highest BCUT2D eigenvalue weighted by atomic mass is 15.1. The highest BCUT2D eigenvalue weighted by molar-refractivity contribution is 6.09. The largest absolute Gasteiger partial charge is 0.309 e. The summed E-state index contributed by atoms with van der Waals surface area (Å²) in [6.07, 6.45) is 1.91. The van der Waals surface area contributed by atoms with Crippen molar-refractivity contribution < 1.29 is 0 Å². The van der Waals surface area contributed by atoms with Gasteiger partial charge in [0.1, 0.15) is 11.3 Å². The first-order valence-corrected chi connectivity index (χ1v) is 19.7. The Morgan fingerprint density at radius 2 is 0.810 bits per heavy atom. The highest BCUT2D eigenvalue weighted by Gasteiger charge is 2.20. The Labute approximate surface area is 336 Å². The van der Waals surface area contributed by atoms with Crippen molar-refractivity contribution >= 4 is 33.0 Å². The fourth-order valence-corrected chi connectivity index (χ4v) is 8.44. The summed E-state index contributed by atoms with van der Waals surface area (Å²) in [6, 6.07) is 75.5. The van der Waals surface area contributed by atoms with Crippen LogP contribution in [0.3, 0.4) is 0 Å². The maximum atomic E-state index is 5.43. The van der Waals surface area contributed by atoms with Gasteiger partial charge in [0.05, 0.1) is 11.0 Å². The molecule has 0 atom stereocenters. The molecule has 0 N–H and O–H groups in total. The van der Waals surface area contributed by atoms with Gasteiger partial charge in [-0.3, -0.25) is 4.57 Å². The van der Waals surface area contributed by atoms with E-state index in [0.29, 0.717) is 0 Å². The first-order valence-electron chi connectivity index (χ1n) is 19.7. The summed E-state index contributed by atoms with van der Waals surface area (Å²) in [7, 11) is 0. The standard InChI is InChI=1S/C54H36N4/c1-4-15-37(16-5-1)42-33-43(38-17-6-2-7-18-38)35-44(34-42)39-27-29-40(30-28-39)53-56-52-47(31-32-55-54(52)58(53)45-20-8-3-9-21-45)41-19-14-22-46(36-41)57-50-25-12-10-23-48(50)49-24-11-13-26-51(49)57/h1-36H. The fourth-order valence-electron chi connectivity index (χ4n) is 8.44. The quantitative estimate of drug-likeness (QED) is 0.163. The molecule has 8 aromatic carbocycles. The van der Waals surface area contributed by atoms with Crippen LogP contribution in [0.5, 0.6) is 0 Å². The molecule has 3 heterocycles. The Balaban J connectivity index is 1.04. The highest BCUT2D eigenvalue weighted by Crippen LogP contribution is 2.38. The smallest absolute Gasteiger partial charge is 0.165 e. The van der Waals surface area contributed by atoms with Crippen LogP contribution in [0, 0.1) is 0 Å². The zero-order valence-corrected chi connectivity index (χ0v) is 31.6. The molecule has 0 spiro atoms. The van der Waals surface area contributed by atoms with Crippen LogP contribution in [0.15, 0.2) is 219 Å². The molecular formula is C54H36N4. The average Bonchev–Trinajstić information content (AvgIpc) is 3.87. The molecule has 11 rings (SSSR count). The molecule has 3 aromatic heterocycles. The van der Waals surface area contributed by atoms with Crippen LogP contribution in [0.2, 0.25) is 0 Å². The van der Waals surface area contributed by atoms with Crippen molar-refractivity contribution in [2.45, 2.75) is 0 Å². The van der Waals surface area contributed by atoms with Crippen LogP contribution in [-0.2, 0) is 0 Å². The molecule has 272 valence electrons. The Hall–Kier alpha value is -7.82. The molecule has 0 aliphatic heterocycles. The van der Waals surface area contributed by atoms with Gasteiger partial charge < -0.3 is 4.57 Å². The summed E-state index contributed by atoms with van der Waals surface area (Å²) in [5, 5.41) is 2.49. The summed E-state index contributed by atoms with van der Waals surface area (Å²) in [5.74, 6) is 0.842. The number of pyridine rings is 1. The molecule has 58 heavy (non-hydrogen) atoms. The van der Waals surface area contributed by atoms with E-state index in [1.54, 1.807) is 0 Å². The molecular weight excluding hydrogens is 705 g/mol. The number of fused-ring (bicyclic) bond motifs is 4. The van der Waals surface area contributed by atoms with Gasteiger partial charge in [0.2, 0.25) is 0 Å². The van der Waals surface area contributed by atoms with Crippen LogP contribution >= 0.6 is 0 Å². The number of imidazole rings is 1. The van der Waals surface area contributed by atoms with E-state index >= 15 is 0 Å². The molecule has 11 aromatic rings. The second kappa shape index (κ2) is 14.0. The van der Waals surface area contributed by atoms with E-state index in [-0.39, 0.29) is 0 Å². The maximum absolute atomic E-state index is 5.43. The summed E-state index contributed by atoms with van der Waals surface area (Å²) in [5.41, 5.74) is 16.3. The van der Waals surface area contributed by atoms with Gasteiger partial charge >= 0.3 is 0 Å². The van der Waals surface area contributed by atoms with Gasteiger partial charge in [0, 0.05) is 39.5 Å². The van der Waals surface area contributed by atoms with Gasteiger partial charge in [0.15, 0.2) is 5.65 Å². The topological polar surface area (TPSA) is 35.6 Å². The molecule has 0 radical (unpaired) electrons. The third-order valence-corrected chi connectivity index (χ3v) is 11.2. The summed E-state index contributed by atoms with van der Waals surface area (Å²) >= 11 is 0. The monoisotopic (exact) mass is 740 g/mol. The average molecular weight is 741 g/mol. The van der Waals surface area contributed by atoms with Crippen LogP contribution in [0.1, 0.15) is 0 Å². The molecule has 0 saturated heterocycles. The van der Waals surface area contributed by atoms with Crippen LogP contribution in [-0.4, -0.2) is 19.1 Å². The predicted molar refractivity (Wildman–Crippen MR) is 240 cm³/mol. The Kier molecular flexibility index (Phi) is 8.11. The number of rotatable bonds is 7. The number of hydrogen-bond acceptors (Lipinski definition) is 2. The second-order valence-electron chi connectivity index (χ2n) is 14.7. The van der Waals surface area contributed by atoms with Gasteiger partial charge in [-0.15, -0.1) is 0 Å². The molecule has 0 unspecified atom stereocenters. The van der Waals surface area contributed by atoms with Crippen LogP contribution in [0.4, 0.5) is 0 Å². The summed E-state index contributed by atoms with van der Waals surface area (Å²) in [6.45, 7) is 0. The van der Waals surface area contributed by atoms with E-state index in [4.69, 9.17) is 9.97 Å². The van der Waals surface area contributed by atoms with Crippen molar-refractivity contribution in [2.24, 2.45) is 0 Å². The number of hydrogen-bond donors (Lipinski definition) is 0. The number of para-hydroxylation sites is 3. The van der Waals surface area contributed by atoms with E-state index in [1.165, 1.54) is 44.1 Å². The van der Waals surface area contributed by atoms with Crippen molar-refractivity contribution in [2.75, 3.05) is 0 Å². The first kappa shape index (κ1) is 33.5. The zero-order chi connectivity index (χ0) is 38.4. The second-order valence-corrected chi connectivity index (χ2v) is 14.7. The van der Waals surface area contributed by atoms with Gasteiger partial charge in [-0.25, -0.2) is 9.97 Å². The number of nitrogens with zero attached hydrogens (tertiary/aromatic N) is 4. The molecule has 0 bridgehead atoms. The maximum Gasteiger partial charge on any atom is 0.165 e. The lowest BCUT2D eigenvalue weighted by molar-refractivity contribution is 1.08. The number of aromatic nitrogens is 4. The number of benzene rings is 8. The molecule has 0 fully saturated rings. The van der Waals surface area contributed by atoms with Crippen molar-refractivity contribution in [1.29, 1.82) is 0 Å². The van der Waals surface area contributed by atoms with Gasteiger partial charge in [-0.1, -0.05) is 152 Å². The summed E-state index contributed by atoms with van der Waals surface area (Å²) in [4.78, 5) is 10.4. The van der Waals surface area contributed by atoms with Gasteiger partial charge in [-0.05, 0) is 99.6 Å². The van der Waals surface area contributed by atoms with Gasteiger partial charge in [-0.2, -0.15) is 0 Å². The van der Waals surface area contributed by atoms with E-state index in [2.05, 4.69) is 215 Å². The molecule has 4 nitrogen and oxygen atoms in total. The van der Waals surface area contributed by atoms with Gasteiger partial charge in [0.25, 0.3) is 0 Å². The minimum atomic E-state index is 0.813. The van der Waals surface area contributed by atoms with E-state index in [9.17, 15) is 0 Å². The summed E-state index contributed by atoms with van der Waals surface area (Å²) < 4.78 is 4.55. The fraction of sp³-hybridized carbons (Fsp3) is 0. The normalized spacial score (nSPS) is 11.4. The molecule has 0 amide bonds. The minimum Gasteiger partial charge on any atom is -0.309 e. The van der Waals surface area contributed by atoms with Crippen molar-refractivity contribution in [3.05, 3.63) is 219 Å². The lowest BCUT2D eigenvalue weighted by Crippen LogP contribution is -1.98. The molecule has 4 heteroatoms. The Morgan fingerprint density at radius 1 is 0.328 bits per heavy atom. The SMILES string of the molecule is c1ccc(-c2cc(-c3ccccc3)cc(-c3ccc(-c4nc5c(-c6cccc(-n7c8ccccc8c8ccccc87)c6)ccnc5n4-c4ccccc4)cc3)c2)cc1. The molecule has 0 aliphatic carbocycles. The Bertz CT molecular complexity index is 3140. The van der Waals surface area contributed by atoms with Crippen molar-refractivity contribution in [3.63, 3.8) is 0 Å². The first-order chi connectivity index (χ1) is 28.8. The van der Waals surface area contributed by atoms with Crippen molar-refractivity contribution in [3.8, 4) is 67.3 Å². The lowest BCUT2D eigenvalue weighted by atomic mass is 9.93. The minimum absolute atomic E-state index is 0.813. The predicted octanol–water partition coefficient (Wildman–Crippen LogP) is 13.9. The van der Waals surface area contributed by atoms with Crippen molar-refractivity contribution in [1.82, 2.24) is 19.1 Å². The zero-order valence-electron chi connectivity index (χ0n) is 31.6. The third kappa shape index (κ3) is 5.78. The van der Waals surface area contributed by atoms with Crippen LogP contribution < -0.4 is 0 Å². The van der Waals surface area contributed by atoms with E-state index in [1.807, 2.05) is 12.3 Å². The Morgan fingerprint density at radius 3 is 1.41 bits per heavy atom. The molecule has 0 aliphatic rings. The molecule has 0 saturated carbocycles. The third-order valence-electron chi connectivity index (χ3n) is 11.2.